The van der Waals surface area contributed by atoms with Gasteiger partial charge in [0.25, 0.3) is 0 Å². The van der Waals surface area contributed by atoms with Crippen molar-refractivity contribution in [3.8, 4) is 44.8 Å². The molecular formula is C56H39N3. The van der Waals surface area contributed by atoms with E-state index in [4.69, 9.17) is 0 Å². The minimum absolute atomic E-state index is 1.10. The molecule has 0 N–H and O–H groups in total. The highest BCUT2D eigenvalue weighted by Crippen LogP contribution is 2.40. The minimum atomic E-state index is 1.10. The lowest BCUT2D eigenvalue weighted by atomic mass is 10.0. The normalized spacial score (nSPS) is 11.4. The van der Waals surface area contributed by atoms with Gasteiger partial charge in [-0.25, -0.2) is 0 Å². The highest BCUT2D eigenvalue weighted by molar-refractivity contribution is 6.18. The van der Waals surface area contributed by atoms with Crippen LogP contribution < -0.4 is 4.90 Å². The Morgan fingerprint density at radius 3 is 1.25 bits per heavy atom. The maximum atomic E-state index is 2.43. The molecule has 0 bridgehead atoms. The SMILES string of the molecule is c1ccc(-c2ccc(N(c3ccc(-c4ccccc4)cc3)c3ccc(-c4ccc(-n5c6ccccc6c6ccc7ccn(-c8ccccc8)c7c65)cc4)cc3)cc2)cc1. The zero-order valence-corrected chi connectivity index (χ0v) is 32.4. The molecule has 9 aromatic carbocycles. The van der Waals surface area contributed by atoms with Crippen LogP contribution in [0, 0.1) is 0 Å². The second kappa shape index (κ2) is 14.6. The van der Waals surface area contributed by atoms with Crippen LogP contribution in [0.2, 0.25) is 0 Å². The first-order valence-electron chi connectivity index (χ1n) is 20.2. The number of benzene rings is 9. The maximum Gasteiger partial charge on any atom is 0.0788 e. The van der Waals surface area contributed by atoms with Crippen molar-refractivity contribution in [1.29, 1.82) is 0 Å². The van der Waals surface area contributed by atoms with E-state index >= 15 is 0 Å². The molecule has 278 valence electrons. The van der Waals surface area contributed by atoms with Crippen molar-refractivity contribution in [3.05, 3.63) is 237 Å². The van der Waals surface area contributed by atoms with Gasteiger partial charge in [-0.2, -0.15) is 0 Å². The van der Waals surface area contributed by atoms with Gasteiger partial charge in [-0.05, 0) is 106 Å². The van der Waals surface area contributed by atoms with Crippen LogP contribution in [-0.2, 0) is 0 Å². The van der Waals surface area contributed by atoms with Crippen LogP contribution in [0.4, 0.5) is 17.1 Å². The third-order valence-corrected chi connectivity index (χ3v) is 11.6. The molecule has 59 heavy (non-hydrogen) atoms. The van der Waals surface area contributed by atoms with Crippen LogP contribution >= 0.6 is 0 Å². The molecule has 3 heteroatoms. The van der Waals surface area contributed by atoms with Crippen molar-refractivity contribution in [2.75, 3.05) is 4.90 Å². The van der Waals surface area contributed by atoms with Crippen LogP contribution in [0.3, 0.4) is 0 Å². The summed E-state index contributed by atoms with van der Waals surface area (Å²) in [6, 6.07) is 83.0. The average Bonchev–Trinajstić information content (AvgIpc) is 3.91. The predicted molar refractivity (Wildman–Crippen MR) is 249 cm³/mol. The quantitative estimate of drug-likeness (QED) is 0.151. The number of para-hydroxylation sites is 2. The van der Waals surface area contributed by atoms with Gasteiger partial charge in [0.2, 0.25) is 0 Å². The van der Waals surface area contributed by atoms with Gasteiger partial charge in [0.1, 0.15) is 0 Å². The molecule has 0 unspecified atom stereocenters. The maximum absolute atomic E-state index is 2.43. The van der Waals surface area contributed by atoms with Gasteiger partial charge in [0.15, 0.2) is 0 Å². The lowest BCUT2D eigenvalue weighted by Crippen LogP contribution is -2.09. The standard InChI is InChI=1S/C56H39N3/c1-4-12-40(13-5-1)42-20-29-48(30-21-42)58(49-31-22-43(23-32-49)41-14-6-2-7-15-41)50-33-24-44(25-34-50)45-26-35-51(36-27-45)59-54-19-11-10-18-52(54)53-37-28-46-38-39-57(55(46)56(53)59)47-16-8-3-9-17-47/h1-39H. The van der Waals surface area contributed by atoms with Crippen LogP contribution in [-0.4, -0.2) is 9.13 Å². The Balaban J connectivity index is 0.962. The number of aromatic nitrogens is 2. The lowest BCUT2D eigenvalue weighted by molar-refractivity contribution is 1.12. The van der Waals surface area contributed by atoms with Crippen molar-refractivity contribution < 1.29 is 0 Å². The summed E-state index contributed by atoms with van der Waals surface area (Å²) in [5.74, 6) is 0. The molecule has 0 radical (unpaired) electrons. The summed E-state index contributed by atoms with van der Waals surface area (Å²) < 4.78 is 4.75. The zero-order chi connectivity index (χ0) is 39.1. The molecule has 0 atom stereocenters. The van der Waals surface area contributed by atoms with Gasteiger partial charge >= 0.3 is 0 Å². The van der Waals surface area contributed by atoms with Gasteiger partial charge in [-0.3, -0.25) is 0 Å². The first-order chi connectivity index (χ1) is 29.3. The van der Waals surface area contributed by atoms with Gasteiger partial charge in [0, 0.05) is 50.8 Å². The number of rotatable bonds is 8. The molecule has 2 heterocycles. The fourth-order valence-electron chi connectivity index (χ4n) is 8.67. The summed E-state index contributed by atoms with van der Waals surface area (Å²) in [6.07, 6.45) is 2.19. The third kappa shape index (κ3) is 6.17. The van der Waals surface area contributed by atoms with E-state index in [0.29, 0.717) is 0 Å². The van der Waals surface area contributed by atoms with Crippen molar-refractivity contribution in [2.24, 2.45) is 0 Å². The summed E-state index contributed by atoms with van der Waals surface area (Å²) in [5, 5.41) is 3.71. The second-order valence-electron chi connectivity index (χ2n) is 15.0. The number of hydrogen-bond acceptors (Lipinski definition) is 1. The van der Waals surface area contributed by atoms with Gasteiger partial charge in [-0.15, -0.1) is 0 Å². The fourth-order valence-corrected chi connectivity index (χ4v) is 8.67. The molecule has 0 spiro atoms. The molecule has 0 saturated carbocycles. The lowest BCUT2D eigenvalue weighted by Gasteiger charge is -2.26. The van der Waals surface area contributed by atoms with Gasteiger partial charge < -0.3 is 14.0 Å². The zero-order valence-electron chi connectivity index (χ0n) is 32.4. The smallest absolute Gasteiger partial charge is 0.0788 e. The van der Waals surface area contributed by atoms with Crippen molar-refractivity contribution in [2.45, 2.75) is 0 Å². The molecule has 0 aliphatic heterocycles. The average molecular weight is 754 g/mol. The summed E-state index contributed by atoms with van der Waals surface area (Å²) in [6.45, 7) is 0. The Kier molecular flexibility index (Phi) is 8.49. The second-order valence-corrected chi connectivity index (χ2v) is 15.0. The van der Waals surface area contributed by atoms with Gasteiger partial charge in [-0.1, -0.05) is 158 Å². The number of nitrogens with zero attached hydrogens (tertiary/aromatic N) is 3. The van der Waals surface area contributed by atoms with Gasteiger partial charge in [0.05, 0.1) is 16.6 Å². The van der Waals surface area contributed by atoms with E-state index in [2.05, 4.69) is 251 Å². The van der Waals surface area contributed by atoms with E-state index in [-0.39, 0.29) is 0 Å². The Bertz CT molecular complexity index is 3120. The van der Waals surface area contributed by atoms with E-state index in [1.54, 1.807) is 0 Å². The van der Waals surface area contributed by atoms with Crippen LogP contribution in [0.25, 0.3) is 77.5 Å². The van der Waals surface area contributed by atoms with E-state index in [1.807, 2.05) is 0 Å². The Morgan fingerprint density at radius 2 is 0.729 bits per heavy atom. The fraction of sp³-hybridized carbons (Fsp3) is 0. The number of anilines is 3. The largest absolute Gasteiger partial charge is 0.315 e. The number of fused-ring (bicyclic) bond motifs is 5. The number of hydrogen-bond donors (Lipinski definition) is 0. The van der Waals surface area contributed by atoms with E-state index < -0.39 is 0 Å². The van der Waals surface area contributed by atoms with Crippen LogP contribution in [0.15, 0.2) is 237 Å². The monoisotopic (exact) mass is 753 g/mol. The summed E-state index contributed by atoms with van der Waals surface area (Å²) in [7, 11) is 0. The predicted octanol–water partition coefficient (Wildman–Crippen LogP) is 15.2. The molecule has 0 aliphatic carbocycles. The van der Waals surface area contributed by atoms with Crippen LogP contribution in [0.1, 0.15) is 0 Å². The highest BCUT2D eigenvalue weighted by Gasteiger charge is 2.18. The first kappa shape index (κ1) is 34.4. The molecule has 0 aliphatic rings. The van der Waals surface area contributed by atoms with Crippen LogP contribution in [0.5, 0.6) is 0 Å². The highest BCUT2D eigenvalue weighted by atomic mass is 15.1. The molecular weight excluding hydrogens is 715 g/mol. The molecule has 11 rings (SSSR count). The van der Waals surface area contributed by atoms with E-state index in [1.165, 1.54) is 66.1 Å². The molecule has 0 amide bonds. The third-order valence-electron chi connectivity index (χ3n) is 11.6. The van der Waals surface area contributed by atoms with Crippen molar-refractivity contribution >= 4 is 49.8 Å². The molecule has 0 fully saturated rings. The topological polar surface area (TPSA) is 13.1 Å². The molecule has 0 saturated heterocycles. The summed E-state index contributed by atoms with van der Waals surface area (Å²) in [4.78, 5) is 2.34. The minimum Gasteiger partial charge on any atom is -0.315 e. The summed E-state index contributed by atoms with van der Waals surface area (Å²) >= 11 is 0. The van der Waals surface area contributed by atoms with E-state index in [0.717, 1.165) is 28.4 Å². The summed E-state index contributed by atoms with van der Waals surface area (Å²) in [5.41, 5.74) is 16.4. The molecule has 3 nitrogen and oxygen atoms in total. The molecule has 2 aromatic heterocycles. The Morgan fingerprint density at radius 1 is 0.288 bits per heavy atom. The first-order valence-corrected chi connectivity index (χ1v) is 20.2. The molecule has 11 aromatic rings. The Labute approximate surface area is 343 Å². The van der Waals surface area contributed by atoms with E-state index in [9.17, 15) is 0 Å². The Hall–Kier alpha value is -7.88. The van der Waals surface area contributed by atoms with Crippen molar-refractivity contribution in [1.82, 2.24) is 9.13 Å². The van der Waals surface area contributed by atoms with Crippen molar-refractivity contribution in [3.63, 3.8) is 0 Å².